The Morgan fingerprint density at radius 3 is 1.74 bits per heavy atom. The summed E-state index contributed by atoms with van der Waals surface area (Å²) in [7, 11) is 0. The van der Waals surface area contributed by atoms with E-state index >= 15 is 0 Å². The molecule has 160 valence electrons. The highest BCUT2D eigenvalue weighted by Gasteiger charge is 2.03. The van der Waals surface area contributed by atoms with Crippen molar-refractivity contribution < 1.29 is 24.1 Å². The van der Waals surface area contributed by atoms with Gasteiger partial charge in [0.2, 0.25) is 0 Å². The van der Waals surface area contributed by atoms with Gasteiger partial charge in [-0.05, 0) is 51.6 Å². The molecule has 0 aromatic heterocycles. The summed E-state index contributed by atoms with van der Waals surface area (Å²) in [5.74, 6) is 0. The summed E-state index contributed by atoms with van der Waals surface area (Å²) in [5, 5.41) is 5.32. The number of carbonyl (C=O) groups excluding carboxylic acids is 2. The molecule has 0 atom stereocenters. The maximum atomic E-state index is 11.4. The van der Waals surface area contributed by atoms with Crippen LogP contribution in [0.2, 0.25) is 0 Å². The van der Waals surface area contributed by atoms with Gasteiger partial charge in [0.1, 0.15) is 0 Å². The van der Waals surface area contributed by atoms with Crippen LogP contribution in [0.1, 0.15) is 64.2 Å². The van der Waals surface area contributed by atoms with E-state index in [0.717, 1.165) is 51.4 Å². The van der Waals surface area contributed by atoms with Crippen molar-refractivity contribution in [1.82, 2.24) is 10.6 Å². The van der Waals surface area contributed by atoms with Gasteiger partial charge in [0.25, 0.3) is 0 Å². The van der Waals surface area contributed by atoms with Crippen molar-refractivity contribution in [2.45, 2.75) is 64.2 Å². The van der Waals surface area contributed by atoms with Crippen LogP contribution in [0.15, 0.2) is 0 Å². The summed E-state index contributed by atoms with van der Waals surface area (Å²) in [6.45, 7) is 3.15. The van der Waals surface area contributed by atoms with E-state index in [1.165, 1.54) is 0 Å². The second kappa shape index (κ2) is 20.7. The molecule has 27 heavy (non-hydrogen) atoms. The zero-order valence-electron chi connectivity index (χ0n) is 16.5. The normalized spacial score (nSPS) is 10.4. The molecule has 0 aromatic rings. The van der Waals surface area contributed by atoms with Gasteiger partial charge in [0.15, 0.2) is 0 Å². The molecule has 9 nitrogen and oxygen atoms in total. The fraction of sp³-hybridized carbons (Fsp3) is 0.889. The average molecular weight is 391 g/mol. The number of ether oxygens (including phenoxy) is 1. The Morgan fingerprint density at radius 2 is 1.15 bits per heavy atom. The third-order valence-electron chi connectivity index (χ3n) is 3.79. The molecule has 0 fully saturated rings. The van der Waals surface area contributed by atoms with Gasteiger partial charge >= 0.3 is 12.2 Å². The molecule has 0 aromatic carbocycles. The Morgan fingerprint density at radius 1 is 0.630 bits per heavy atom. The van der Waals surface area contributed by atoms with Crippen LogP contribution in [-0.2, 0) is 14.5 Å². The standard InChI is InChI=1S/C18H38N4O5/c19-11-5-1-3-7-13-21-17(23)25-15-9-10-16-26-27-18(24)22-14-8-4-2-6-12-20/h1-16,19-20H2,(H,21,23)(H,22,24). The lowest BCUT2D eigenvalue weighted by Gasteiger charge is -2.07. The fourth-order valence-electron chi connectivity index (χ4n) is 2.23. The first kappa shape index (κ1) is 25.4. The first-order valence-electron chi connectivity index (χ1n) is 10.1. The Hall–Kier alpha value is -1.58. The SMILES string of the molecule is NCCCCCCNC(=O)OCCCCOOC(=O)NCCCCCCN. The molecule has 0 saturated heterocycles. The predicted molar refractivity (Wildman–Crippen MR) is 104 cm³/mol. The van der Waals surface area contributed by atoms with Gasteiger partial charge in [-0.15, -0.1) is 0 Å². The van der Waals surface area contributed by atoms with Crippen LogP contribution in [0.3, 0.4) is 0 Å². The molecule has 6 N–H and O–H groups in total. The minimum Gasteiger partial charge on any atom is -0.450 e. The largest absolute Gasteiger partial charge is 0.450 e. The van der Waals surface area contributed by atoms with E-state index in [0.29, 0.717) is 45.6 Å². The second-order valence-electron chi connectivity index (χ2n) is 6.30. The Bertz CT molecular complexity index is 327. The molecule has 0 heterocycles. The third-order valence-corrected chi connectivity index (χ3v) is 3.79. The number of unbranched alkanes of at least 4 members (excludes halogenated alkanes) is 7. The number of hydrogen-bond acceptors (Lipinski definition) is 7. The second-order valence-corrected chi connectivity index (χ2v) is 6.30. The highest BCUT2D eigenvalue weighted by atomic mass is 17.2. The zero-order valence-corrected chi connectivity index (χ0v) is 16.5. The van der Waals surface area contributed by atoms with E-state index in [1.54, 1.807) is 0 Å². The van der Waals surface area contributed by atoms with Gasteiger partial charge in [-0.1, -0.05) is 25.7 Å². The monoisotopic (exact) mass is 390 g/mol. The van der Waals surface area contributed by atoms with Crippen LogP contribution in [0.4, 0.5) is 9.59 Å². The number of rotatable bonds is 18. The Labute approximate surface area is 162 Å². The number of nitrogens with one attached hydrogen (secondary N) is 2. The number of carbonyl (C=O) groups is 2. The predicted octanol–water partition coefficient (Wildman–Crippen LogP) is 2.19. The number of amides is 2. The van der Waals surface area contributed by atoms with Crippen molar-refractivity contribution in [2.24, 2.45) is 11.5 Å². The number of alkyl carbamates (subject to hydrolysis) is 1. The molecule has 0 unspecified atom stereocenters. The smallest absolute Gasteiger partial charge is 0.438 e. The van der Waals surface area contributed by atoms with Crippen LogP contribution in [0.25, 0.3) is 0 Å². The molecular weight excluding hydrogens is 352 g/mol. The van der Waals surface area contributed by atoms with Crippen LogP contribution in [0.5, 0.6) is 0 Å². The van der Waals surface area contributed by atoms with Crippen molar-refractivity contribution >= 4 is 12.2 Å². The van der Waals surface area contributed by atoms with Crippen molar-refractivity contribution in [3.8, 4) is 0 Å². The molecule has 0 radical (unpaired) electrons. The topological polar surface area (TPSA) is 138 Å². The van der Waals surface area contributed by atoms with Gasteiger partial charge in [0.05, 0.1) is 13.2 Å². The van der Waals surface area contributed by atoms with Gasteiger partial charge in [0, 0.05) is 13.1 Å². The van der Waals surface area contributed by atoms with E-state index in [2.05, 4.69) is 15.5 Å². The summed E-state index contributed by atoms with van der Waals surface area (Å²) < 4.78 is 5.04. The summed E-state index contributed by atoms with van der Waals surface area (Å²) in [6, 6.07) is 0. The Balaban J connectivity index is 3.27. The van der Waals surface area contributed by atoms with Gasteiger partial charge in [-0.2, -0.15) is 4.89 Å². The molecule has 0 aliphatic rings. The van der Waals surface area contributed by atoms with E-state index in [1.807, 2.05) is 0 Å². The van der Waals surface area contributed by atoms with Gasteiger partial charge in [-0.25, -0.2) is 9.59 Å². The summed E-state index contributed by atoms with van der Waals surface area (Å²) >= 11 is 0. The number of hydrogen-bond donors (Lipinski definition) is 4. The molecule has 0 aliphatic carbocycles. The quantitative estimate of drug-likeness (QED) is 0.160. The fourth-order valence-corrected chi connectivity index (χ4v) is 2.23. The van der Waals surface area contributed by atoms with Gasteiger partial charge < -0.3 is 26.8 Å². The van der Waals surface area contributed by atoms with Crippen molar-refractivity contribution in [3.63, 3.8) is 0 Å². The lowest BCUT2D eigenvalue weighted by molar-refractivity contribution is -0.239. The van der Waals surface area contributed by atoms with E-state index in [-0.39, 0.29) is 6.61 Å². The van der Waals surface area contributed by atoms with Crippen LogP contribution < -0.4 is 22.1 Å². The molecule has 0 bridgehead atoms. The van der Waals surface area contributed by atoms with Gasteiger partial charge in [-0.3, -0.25) is 4.89 Å². The van der Waals surface area contributed by atoms with E-state index in [9.17, 15) is 9.59 Å². The molecule has 0 spiro atoms. The molecule has 0 saturated carbocycles. The van der Waals surface area contributed by atoms with E-state index in [4.69, 9.17) is 21.1 Å². The molecule has 0 aliphatic heterocycles. The maximum absolute atomic E-state index is 11.4. The molecule has 9 heteroatoms. The van der Waals surface area contributed by atoms with Crippen LogP contribution in [0, 0.1) is 0 Å². The average Bonchev–Trinajstić information content (AvgIpc) is 2.66. The van der Waals surface area contributed by atoms with E-state index < -0.39 is 12.2 Å². The zero-order chi connectivity index (χ0) is 20.0. The number of nitrogens with two attached hydrogens (primary N) is 2. The van der Waals surface area contributed by atoms with Crippen molar-refractivity contribution in [1.29, 1.82) is 0 Å². The first-order chi connectivity index (χ1) is 13.2. The van der Waals surface area contributed by atoms with Crippen molar-refractivity contribution in [3.05, 3.63) is 0 Å². The highest BCUT2D eigenvalue weighted by Crippen LogP contribution is 1.98. The summed E-state index contributed by atoms with van der Waals surface area (Å²) in [4.78, 5) is 32.2. The molecular formula is C18H38N4O5. The Kier molecular flexibility index (Phi) is 19.5. The summed E-state index contributed by atoms with van der Waals surface area (Å²) in [6.07, 6.45) is 8.35. The maximum Gasteiger partial charge on any atom is 0.438 e. The highest BCUT2D eigenvalue weighted by molar-refractivity contribution is 5.67. The molecule has 0 rings (SSSR count). The van der Waals surface area contributed by atoms with Crippen LogP contribution >= 0.6 is 0 Å². The summed E-state index contributed by atoms with van der Waals surface area (Å²) in [5.41, 5.74) is 10.8. The lowest BCUT2D eigenvalue weighted by Crippen LogP contribution is -2.26. The lowest BCUT2D eigenvalue weighted by atomic mass is 10.2. The third kappa shape index (κ3) is 20.6. The minimum absolute atomic E-state index is 0.260. The first-order valence-corrected chi connectivity index (χ1v) is 10.1. The minimum atomic E-state index is -0.587. The molecule has 2 amide bonds. The van der Waals surface area contributed by atoms with Crippen molar-refractivity contribution in [2.75, 3.05) is 39.4 Å². The van der Waals surface area contributed by atoms with Crippen LogP contribution in [-0.4, -0.2) is 51.6 Å².